The highest BCUT2D eigenvalue weighted by atomic mass is 79.9. The van der Waals surface area contributed by atoms with Crippen LogP contribution in [0, 0.1) is 0 Å². The van der Waals surface area contributed by atoms with Gasteiger partial charge in [-0.1, -0.05) is 0 Å². The molecule has 1 aromatic rings. The van der Waals surface area contributed by atoms with Crippen molar-refractivity contribution >= 4 is 32.2 Å². The molecule has 0 radical (unpaired) electrons. The summed E-state index contributed by atoms with van der Waals surface area (Å²) >= 11 is 2.90. The number of amides is 1. The van der Waals surface area contributed by atoms with Crippen LogP contribution in [0.1, 0.15) is 22.3 Å². The van der Waals surface area contributed by atoms with Gasteiger partial charge in [0.1, 0.15) is 0 Å². The number of hydrogen-bond acceptors (Lipinski definition) is 2. The van der Waals surface area contributed by atoms with E-state index in [0.29, 0.717) is 18.4 Å². The largest absolute Gasteiger partial charge is 0.326 e. The SMILES string of the molecule is O=C1CCc2cc(C(=O)Br)ccc2N1. The molecule has 72 valence electrons. The molecule has 1 aromatic carbocycles. The van der Waals surface area contributed by atoms with Crippen LogP contribution in [0.2, 0.25) is 0 Å². The van der Waals surface area contributed by atoms with E-state index >= 15 is 0 Å². The molecule has 0 fully saturated rings. The van der Waals surface area contributed by atoms with E-state index in [0.717, 1.165) is 11.3 Å². The summed E-state index contributed by atoms with van der Waals surface area (Å²) in [5.74, 6) is 0.0374. The fourth-order valence-electron chi connectivity index (χ4n) is 1.51. The predicted octanol–water partition coefficient (Wildman–Crippen LogP) is 2.11. The molecule has 2 rings (SSSR count). The maximum atomic E-state index is 11.1. The smallest absolute Gasteiger partial charge is 0.228 e. The Hall–Kier alpha value is -1.16. The highest BCUT2D eigenvalue weighted by molar-refractivity contribution is 9.18. The number of carbonyl (C=O) groups is 2. The van der Waals surface area contributed by atoms with E-state index in [1.54, 1.807) is 12.1 Å². The minimum Gasteiger partial charge on any atom is -0.326 e. The monoisotopic (exact) mass is 253 g/mol. The Balaban J connectivity index is 2.41. The first-order valence-electron chi connectivity index (χ1n) is 4.29. The van der Waals surface area contributed by atoms with Crippen molar-refractivity contribution in [3.63, 3.8) is 0 Å². The highest BCUT2D eigenvalue weighted by Gasteiger charge is 2.15. The summed E-state index contributed by atoms with van der Waals surface area (Å²) in [5.41, 5.74) is 2.47. The molecular formula is C10H8BrNO2. The minimum atomic E-state index is -0.128. The van der Waals surface area contributed by atoms with Gasteiger partial charge in [-0.15, -0.1) is 0 Å². The molecule has 1 aliphatic rings. The van der Waals surface area contributed by atoms with Crippen LogP contribution in [0.15, 0.2) is 18.2 Å². The van der Waals surface area contributed by atoms with Gasteiger partial charge in [0.15, 0.2) is 0 Å². The number of nitrogens with one attached hydrogen (secondary N) is 1. The van der Waals surface area contributed by atoms with Gasteiger partial charge in [0.25, 0.3) is 0 Å². The molecule has 0 aromatic heterocycles. The molecule has 0 unspecified atom stereocenters. The van der Waals surface area contributed by atoms with Gasteiger partial charge in [0.05, 0.1) is 0 Å². The Kier molecular flexibility index (Phi) is 2.37. The highest BCUT2D eigenvalue weighted by Crippen LogP contribution is 2.24. The van der Waals surface area contributed by atoms with Crippen LogP contribution >= 0.6 is 15.9 Å². The van der Waals surface area contributed by atoms with Crippen LogP contribution in [-0.4, -0.2) is 10.6 Å². The maximum Gasteiger partial charge on any atom is 0.228 e. The summed E-state index contributed by atoms with van der Waals surface area (Å²) in [6.45, 7) is 0. The molecule has 0 saturated heterocycles. The van der Waals surface area contributed by atoms with Crippen LogP contribution < -0.4 is 5.32 Å². The van der Waals surface area contributed by atoms with Crippen molar-refractivity contribution < 1.29 is 9.59 Å². The van der Waals surface area contributed by atoms with Crippen LogP contribution in [0.4, 0.5) is 5.69 Å². The first kappa shape index (κ1) is 9.40. The third-order valence-corrected chi connectivity index (χ3v) is 2.69. The molecule has 1 N–H and O–H groups in total. The number of fused-ring (bicyclic) bond motifs is 1. The lowest BCUT2D eigenvalue weighted by molar-refractivity contribution is -0.116. The van der Waals surface area contributed by atoms with Gasteiger partial charge in [-0.25, -0.2) is 0 Å². The van der Waals surface area contributed by atoms with Crippen molar-refractivity contribution in [1.29, 1.82) is 0 Å². The average molecular weight is 254 g/mol. The van der Waals surface area contributed by atoms with E-state index in [-0.39, 0.29) is 10.6 Å². The van der Waals surface area contributed by atoms with E-state index in [9.17, 15) is 9.59 Å². The first-order chi connectivity index (χ1) is 6.66. The summed E-state index contributed by atoms with van der Waals surface area (Å²) < 4.78 is -0.128. The molecule has 1 heterocycles. The van der Waals surface area contributed by atoms with Crippen LogP contribution in [0.25, 0.3) is 0 Å². The molecule has 0 atom stereocenters. The molecule has 3 nitrogen and oxygen atoms in total. The van der Waals surface area contributed by atoms with Gasteiger partial charge in [-0.05, 0) is 46.1 Å². The van der Waals surface area contributed by atoms with E-state index in [2.05, 4.69) is 21.2 Å². The van der Waals surface area contributed by atoms with Crippen molar-refractivity contribution in [1.82, 2.24) is 0 Å². The van der Waals surface area contributed by atoms with Crippen molar-refractivity contribution in [3.05, 3.63) is 29.3 Å². The van der Waals surface area contributed by atoms with Crippen LogP contribution in [0.3, 0.4) is 0 Å². The Labute approximate surface area is 89.6 Å². The summed E-state index contributed by atoms with van der Waals surface area (Å²) in [7, 11) is 0. The number of aryl methyl sites for hydroxylation is 1. The fourth-order valence-corrected chi connectivity index (χ4v) is 1.75. The van der Waals surface area contributed by atoms with E-state index < -0.39 is 0 Å². The van der Waals surface area contributed by atoms with E-state index in [4.69, 9.17) is 0 Å². The van der Waals surface area contributed by atoms with Gasteiger partial charge in [0, 0.05) is 17.7 Å². The second-order valence-corrected chi connectivity index (χ2v) is 3.91. The standard InChI is InChI=1S/C10H8BrNO2/c11-10(14)7-1-3-8-6(5-7)2-4-9(13)12-8/h1,3,5H,2,4H2,(H,12,13). The summed E-state index contributed by atoms with van der Waals surface area (Å²) in [4.78, 5) is 22.1. The molecule has 1 amide bonds. The fraction of sp³-hybridized carbons (Fsp3) is 0.200. The summed E-state index contributed by atoms with van der Waals surface area (Å²) in [6.07, 6.45) is 1.20. The van der Waals surface area contributed by atoms with Crippen molar-refractivity contribution in [3.8, 4) is 0 Å². The zero-order chi connectivity index (χ0) is 10.1. The van der Waals surface area contributed by atoms with Crippen LogP contribution in [0.5, 0.6) is 0 Å². The predicted molar refractivity (Wildman–Crippen MR) is 56.7 cm³/mol. The van der Waals surface area contributed by atoms with Gasteiger partial charge >= 0.3 is 0 Å². The zero-order valence-corrected chi connectivity index (χ0v) is 8.93. The minimum absolute atomic E-state index is 0.0374. The topological polar surface area (TPSA) is 46.2 Å². The lowest BCUT2D eigenvalue weighted by Crippen LogP contribution is -2.19. The quantitative estimate of drug-likeness (QED) is 0.780. The molecule has 14 heavy (non-hydrogen) atoms. The number of benzene rings is 1. The zero-order valence-electron chi connectivity index (χ0n) is 7.34. The van der Waals surface area contributed by atoms with Gasteiger partial charge in [0.2, 0.25) is 10.6 Å². The Morgan fingerprint density at radius 3 is 2.86 bits per heavy atom. The number of halogens is 1. The second-order valence-electron chi connectivity index (χ2n) is 3.19. The van der Waals surface area contributed by atoms with Crippen LogP contribution in [-0.2, 0) is 11.2 Å². The first-order valence-corrected chi connectivity index (χ1v) is 5.09. The van der Waals surface area contributed by atoms with Gasteiger partial charge in [-0.2, -0.15) is 0 Å². The summed E-state index contributed by atoms with van der Waals surface area (Å²) in [6, 6.07) is 5.27. The second kappa shape index (κ2) is 3.53. The molecule has 0 saturated carbocycles. The molecule has 4 heteroatoms. The Morgan fingerprint density at radius 2 is 2.14 bits per heavy atom. The third-order valence-electron chi connectivity index (χ3n) is 2.23. The number of anilines is 1. The van der Waals surface area contributed by atoms with Gasteiger partial charge < -0.3 is 5.32 Å². The third kappa shape index (κ3) is 1.70. The number of carbonyl (C=O) groups excluding carboxylic acids is 2. The van der Waals surface area contributed by atoms with E-state index in [1.165, 1.54) is 0 Å². The van der Waals surface area contributed by atoms with Crippen molar-refractivity contribution in [2.75, 3.05) is 5.32 Å². The van der Waals surface area contributed by atoms with E-state index in [1.807, 2.05) is 6.07 Å². The average Bonchev–Trinajstić information content (AvgIpc) is 2.16. The van der Waals surface area contributed by atoms with Crippen molar-refractivity contribution in [2.24, 2.45) is 0 Å². The Morgan fingerprint density at radius 1 is 1.36 bits per heavy atom. The maximum absolute atomic E-state index is 11.1. The molecule has 0 aliphatic carbocycles. The molecule has 0 spiro atoms. The number of hydrogen-bond donors (Lipinski definition) is 1. The molecule has 0 bridgehead atoms. The lowest BCUT2D eigenvalue weighted by Gasteiger charge is -2.16. The lowest BCUT2D eigenvalue weighted by atomic mass is 10.0. The normalized spacial score (nSPS) is 14.5. The molecule has 1 aliphatic heterocycles. The van der Waals surface area contributed by atoms with Gasteiger partial charge in [-0.3, -0.25) is 9.59 Å². The molecular weight excluding hydrogens is 246 g/mol. The number of rotatable bonds is 1. The Bertz CT molecular complexity index is 415. The summed E-state index contributed by atoms with van der Waals surface area (Å²) in [5, 5.41) is 2.76. The van der Waals surface area contributed by atoms with Crippen molar-refractivity contribution in [2.45, 2.75) is 12.8 Å².